The maximum Gasteiger partial charge on any atom is 0.226 e. The lowest BCUT2D eigenvalue weighted by atomic mass is 10.1. The highest BCUT2D eigenvalue weighted by Crippen LogP contribution is 2.34. The molecule has 1 N–H and O–H groups in total. The second-order valence-corrected chi connectivity index (χ2v) is 4.63. The summed E-state index contributed by atoms with van der Waals surface area (Å²) in [6.07, 6.45) is 4.72. The van der Waals surface area contributed by atoms with E-state index in [0.717, 1.165) is 36.5 Å². The molecule has 1 fully saturated rings. The summed E-state index contributed by atoms with van der Waals surface area (Å²) in [5.74, 6) is 1.06. The number of amides is 1. The molecule has 1 atom stereocenters. The van der Waals surface area contributed by atoms with Gasteiger partial charge in [0.05, 0.1) is 5.69 Å². The van der Waals surface area contributed by atoms with Crippen LogP contribution in [0.2, 0.25) is 0 Å². The molecule has 1 saturated heterocycles. The average molecular weight is 217 g/mol. The van der Waals surface area contributed by atoms with Crippen LogP contribution in [0.4, 0.5) is 11.5 Å². The van der Waals surface area contributed by atoms with Crippen LogP contribution in [0.1, 0.15) is 24.8 Å². The summed E-state index contributed by atoms with van der Waals surface area (Å²) in [7, 11) is 0. The van der Waals surface area contributed by atoms with Gasteiger partial charge in [-0.05, 0) is 31.4 Å². The van der Waals surface area contributed by atoms with Crippen molar-refractivity contribution in [2.75, 3.05) is 16.8 Å². The molecular formula is C12H15N3O. The van der Waals surface area contributed by atoms with Crippen molar-refractivity contribution in [2.45, 2.75) is 32.2 Å². The van der Waals surface area contributed by atoms with E-state index < -0.39 is 0 Å². The molecule has 0 bridgehead atoms. The highest BCUT2D eigenvalue weighted by molar-refractivity contribution is 5.96. The van der Waals surface area contributed by atoms with Crippen LogP contribution in [0.5, 0.6) is 0 Å². The van der Waals surface area contributed by atoms with E-state index in [-0.39, 0.29) is 5.91 Å². The zero-order valence-corrected chi connectivity index (χ0v) is 9.36. The Labute approximate surface area is 94.7 Å². The van der Waals surface area contributed by atoms with E-state index in [0.29, 0.717) is 12.5 Å². The number of nitrogens with zero attached hydrogens (tertiary/aromatic N) is 2. The summed E-state index contributed by atoms with van der Waals surface area (Å²) < 4.78 is 0. The van der Waals surface area contributed by atoms with Crippen molar-refractivity contribution in [2.24, 2.45) is 0 Å². The predicted octanol–water partition coefficient (Wildman–Crippen LogP) is 1.70. The van der Waals surface area contributed by atoms with Crippen LogP contribution >= 0.6 is 0 Å². The molecule has 1 aromatic rings. The van der Waals surface area contributed by atoms with Gasteiger partial charge in [-0.3, -0.25) is 4.79 Å². The number of pyridine rings is 1. The fourth-order valence-corrected chi connectivity index (χ4v) is 2.62. The molecular weight excluding hydrogens is 202 g/mol. The predicted molar refractivity (Wildman–Crippen MR) is 62.6 cm³/mol. The van der Waals surface area contributed by atoms with Gasteiger partial charge < -0.3 is 10.2 Å². The fourth-order valence-electron chi connectivity index (χ4n) is 2.62. The van der Waals surface area contributed by atoms with Crippen LogP contribution in [0.15, 0.2) is 12.3 Å². The van der Waals surface area contributed by atoms with Gasteiger partial charge in [-0.25, -0.2) is 4.98 Å². The molecule has 3 heterocycles. The largest absolute Gasteiger partial charge is 0.351 e. The van der Waals surface area contributed by atoms with Crippen molar-refractivity contribution < 1.29 is 4.79 Å². The van der Waals surface area contributed by atoms with Gasteiger partial charge in [-0.2, -0.15) is 0 Å². The molecule has 0 saturated carbocycles. The van der Waals surface area contributed by atoms with Crippen molar-refractivity contribution in [1.29, 1.82) is 0 Å². The Hall–Kier alpha value is -1.58. The van der Waals surface area contributed by atoms with E-state index in [4.69, 9.17) is 0 Å². The SMILES string of the molecule is Cc1cnc2c(c1)NC(=O)CC1CCCN21. The number of carbonyl (C=O) groups excluding carboxylic acids is 1. The summed E-state index contributed by atoms with van der Waals surface area (Å²) in [5.41, 5.74) is 1.95. The van der Waals surface area contributed by atoms with Gasteiger partial charge in [0.25, 0.3) is 0 Å². The minimum absolute atomic E-state index is 0.114. The number of rotatable bonds is 0. The summed E-state index contributed by atoms with van der Waals surface area (Å²) >= 11 is 0. The topological polar surface area (TPSA) is 45.2 Å². The molecule has 0 spiro atoms. The maximum absolute atomic E-state index is 11.7. The molecule has 0 aliphatic carbocycles. The molecule has 4 heteroatoms. The van der Waals surface area contributed by atoms with Crippen molar-refractivity contribution in [3.05, 3.63) is 17.8 Å². The van der Waals surface area contributed by atoms with Crippen molar-refractivity contribution in [3.8, 4) is 0 Å². The van der Waals surface area contributed by atoms with E-state index >= 15 is 0 Å². The van der Waals surface area contributed by atoms with Crippen LogP contribution in [0.25, 0.3) is 0 Å². The standard InChI is InChI=1S/C12H15N3O/c1-8-5-10-12(13-7-8)15-4-2-3-9(15)6-11(16)14-10/h5,7,9H,2-4,6H2,1H3,(H,14,16). The van der Waals surface area contributed by atoms with E-state index in [1.54, 1.807) is 0 Å². The monoisotopic (exact) mass is 217 g/mol. The van der Waals surface area contributed by atoms with Crippen molar-refractivity contribution in [1.82, 2.24) is 4.98 Å². The molecule has 2 aliphatic rings. The summed E-state index contributed by atoms with van der Waals surface area (Å²) in [6.45, 7) is 3.01. The van der Waals surface area contributed by atoms with Gasteiger partial charge >= 0.3 is 0 Å². The third-order valence-corrected chi connectivity index (χ3v) is 3.35. The molecule has 84 valence electrons. The highest BCUT2D eigenvalue weighted by Gasteiger charge is 2.32. The Balaban J connectivity index is 2.09. The Kier molecular flexibility index (Phi) is 2.09. The van der Waals surface area contributed by atoms with E-state index in [1.807, 2.05) is 19.2 Å². The number of hydrogen-bond donors (Lipinski definition) is 1. The van der Waals surface area contributed by atoms with Crippen LogP contribution in [-0.4, -0.2) is 23.5 Å². The Morgan fingerprint density at radius 1 is 1.56 bits per heavy atom. The number of aryl methyl sites for hydroxylation is 1. The van der Waals surface area contributed by atoms with Crippen LogP contribution in [0, 0.1) is 6.92 Å². The number of hydrogen-bond acceptors (Lipinski definition) is 3. The van der Waals surface area contributed by atoms with E-state index in [2.05, 4.69) is 15.2 Å². The van der Waals surface area contributed by atoms with Crippen LogP contribution in [0.3, 0.4) is 0 Å². The molecule has 16 heavy (non-hydrogen) atoms. The number of anilines is 2. The highest BCUT2D eigenvalue weighted by atomic mass is 16.1. The Morgan fingerprint density at radius 2 is 2.44 bits per heavy atom. The molecule has 0 radical (unpaired) electrons. The van der Waals surface area contributed by atoms with E-state index in [9.17, 15) is 4.79 Å². The quantitative estimate of drug-likeness (QED) is 0.719. The first-order chi connectivity index (χ1) is 7.74. The van der Waals surface area contributed by atoms with Gasteiger partial charge in [0.1, 0.15) is 0 Å². The molecule has 0 aromatic carbocycles. The molecule has 2 aliphatic heterocycles. The zero-order chi connectivity index (χ0) is 11.1. The van der Waals surface area contributed by atoms with Gasteiger partial charge in [-0.15, -0.1) is 0 Å². The number of carbonyl (C=O) groups is 1. The third kappa shape index (κ3) is 1.45. The first-order valence-corrected chi connectivity index (χ1v) is 5.77. The average Bonchev–Trinajstić information content (AvgIpc) is 2.61. The smallest absolute Gasteiger partial charge is 0.226 e. The number of nitrogens with one attached hydrogen (secondary N) is 1. The summed E-state index contributed by atoms with van der Waals surface area (Å²) in [4.78, 5) is 18.5. The second kappa shape index (κ2) is 3.47. The molecule has 1 unspecified atom stereocenters. The first-order valence-electron chi connectivity index (χ1n) is 5.77. The lowest BCUT2D eigenvalue weighted by molar-refractivity contribution is -0.116. The maximum atomic E-state index is 11.7. The molecule has 1 aromatic heterocycles. The first kappa shape index (κ1) is 9.63. The summed E-state index contributed by atoms with van der Waals surface area (Å²) in [5, 5.41) is 2.95. The van der Waals surface area contributed by atoms with Crippen LogP contribution in [-0.2, 0) is 4.79 Å². The molecule has 3 rings (SSSR count). The minimum atomic E-state index is 0.114. The van der Waals surface area contributed by atoms with Crippen LogP contribution < -0.4 is 10.2 Å². The minimum Gasteiger partial charge on any atom is -0.351 e. The van der Waals surface area contributed by atoms with Gasteiger partial charge in [-0.1, -0.05) is 0 Å². The summed E-state index contributed by atoms with van der Waals surface area (Å²) in [6, 6.07) is 2.34. The third-order valence-electron chi connectivity index (χ3n) is 3.35. The molecule has 4 nitrogen and oxygen atoms in total. The number of aromatic nitrogens is 1. The van der Waals surface area contributed by atoms with Crippen molar-refractivity contribution in [3.63, 3.8) is 0 Å². The lowest BCUT2D eigenvalue weighted by Crippen LogP contribution is -2.30. The molecule has 1 amide bonds. The Bertz CT molecular complexity index is 444. The lowest BCUT2D eigenvalue weighted by Gasteiger charge is -2.23. The van der Waals surface area contributed by atoms with Gasteiger partial charge in [0, 0.05) is 25.2 Å². The zero-order valence-electron chi connectivity index (χ0n) is 9.36. The Morgan fingerprint density at radius 3 is 3.31 bits per heavy atom. The van der Waals surface area contributed by atoms with Crippen molar-refractivity contribution >= 4 is 17.4 Å². The number of fused-ring (bicyclic) bond motifs is 3. The van der Waals surface area contributed by atoms with Gasteiger partial charge in [0.2, 0.25) is 5.91 Å². The normalized spacial score (nSPS) is 23.4. The second-order valence-electron chi connectivity index (χ2n) is 4.63. The van der Waals surface area contributed by atoms with E-state index in [1.165, 1.54) is 0 Å². The fraction of sp³-hybridized carbons (Fsp3) is 0.500. The van der Waals surface area contributed by atoms with Gasteiger partial charge in [0.15, 0.2) is 5.82 Å².